The number of halogens is 1. The first-order valence-electron chi connectivity index (χ1n) is 6.21. The zero-order chi connectivity index (χ0) is 14.0. The van der Waals surface area contributed by atoms with Crippen LogP contribution in [0, 0.1) is 0 Å². The van der Waals surface area contributed by atoms with Gasteiger partial charge >= 0.3 is 5.97 Å². The van der Waals surface area contributed by atoms with Crippen LogP contribution >= 0.6 is 15.9 Å². The Morgan fingerprint density at radius 2 is 1.74 bits per heavy atom. The number of hydrogen-bond donors (Lipinski definition) is 1. The van der Waals surface area contributed by atoms with Gasteiger partial charge in [-0.25, -0.2) is 0 Å². The van der Waals surface area contributed by atoms with Crippen molar-refractivity contribution in [3.63, 3.8) is 0 Å². The highest BCUT2D eigenvalue weighted by atomic mass is 79.9. The molecule has 0 heterocycles. The van der Waals surface area contributed by atoms with E-state index >= 15 is 0 Å². The van der Waals surface area contributed by atoms with Gasteiger partial charge in [0, 0.05) is 5.56 Å². The second-order valence-electron chi connectivity index (χ2n) is 4.75. The van der Waals surface area contributed by atoms with Gasteiger partial charge in [0.15, 0.2) is 0 Å². The zero-order valence-electron chi connectivity index (χ0n) is 11.0. The number of methoxy groups -OCH3 is 2. The minimum absolute atomic E-state index is 0.594. The highest BCUT2D eigenvalue weighted by Crippen LogP contribution is 2.50. The number of benzene rings is 1. The molecule has 1 fully saturated rings. The topological polar surface area (TPSA) is 55.8 Å². The first kappa shape index (κ1) is 14.2. The molecule has 0 atom stereocenters. The maximum atomic E-state index is 11.8. The lowest BCUT2D eigenvalue weighted by molar-refractivity contribution is -0.143. The smallest absolute Gasteiger partial charge is 0.314 e. The number of hydrogen-bond acceptors (Lipinski definition) is 3. The van der Waals surface area contributed by atoms with E-state index in [0.717, 1.165) is 12.8 Å². The Hall–Kier alpha value is -1.23. The maximum Gasteiger partial charge on any atom is 0.314 e. The van der Waals surface area contributed by atoms with E-state index in [9.17, 15) is 9.90 Å². The minimum atomic E-state index is -0.876. The number of aliphatic carboxylic acids is 1. The van der Waals surface area contributed by atoms with Crippen LogP contribution in [0.3, 0.4) is 0 Å². The van der Waals surface area contributed by atoms with Crippen molar-refractivity contribution < 1.29 is 19.4 Å². The maximum absolute atomic E-state index is 11.8. The van der Waals surface area contributed by atoms with E-state index < -0.39 is 11.4 Å². The first-order chi connectivity index (χ1) is 9.06. The van der Waals surface area contributed by atoms with Crippen molar-refractivity contribution in [2.45, 2.75) is 31.1 Å². The Morgan fingerprint density at radius 3 is 2.21 bits per heavy atom. The largest absolute Gasteiger partial charge is 0.496 e. The normalized spacial score (nSPS) is 17.2. The Balaban J connectivity index is 2.67. The molecule has 1 N–H and O–H groups in total. The summed E-state index contributed by atoms with van der Waals surface area (Å²) < 4.78 is 11.3. The van der Waals surface area contributed by atoms with Crippen LogP contribution in [0.5, 0.6) is 11.5 Å². The molecule has 1 aromatic rings. The summed E-state index contributed by atoms with van der Waals surface area (Å²) in [6.45, 7) is 0. The third-order valence-corrected chi connectivity index (χ3v) is 4.64. The van der Waals surface area contributed by atoms with E-state index in [2.05, 4.69) is 15.9 Å². The summed E-state index contributed by atoms with van der Waals surface area (Å²) in [4.78, 5) is 11.8. The van der Waals surface area contributed by atoms with Gasteiger partial charge in [0.25, 0.3) is 0 Å². The molecule has 4 nitrogen and oxygen atoms in total. The van der Waals surface area contributed by atoms with Crippen LogP contribution in [0.15, 0.2) is 16.6 Å². The van der Waals surface area contributed by atoms with Crippen molar-refractivity contribution in [3.8, 4) is 11.5 Å². The molecule has 0 aliphatic heterocycles. The molecule has 19 heavy (non-hydrogen) atoms. The molecule has 0 radical (unpaired) electrons. The molecule has 1 aliphatic carbocycles. The average Bonchev–Trinajstić information content (AvgIpc) is 2.88. The summed E-state index contributed by atoms with van der Waals surface area (Å²) in [6.07, 6.45) is 3.09. The minimum Gasteiger partial charge on any atom is -0.496 e. The molecule has 1 aromatic carbocycles. The Labute approximate surface area is 120 Å². The Bertz CT molecular complexity index is 492. The van der Waals surface area contributed by atoms with Crippen molar-refractivity contribution in [1.82, 2.24) is 0 Å². The molecule has 0 bridgehead atoms. The third-order valence-electron chi connectivity index (χ3n) is 3.85. The molecular formula is C14H17BrO4. The van der Waals surface area contributed by atoms with Gasteiger partial charge in [0.05, 0.1) is 24.1 Å². The second-order valence-corrected chi connectivity index (χ2v) is 5.55. The summed E-state index contributed by atoms with van der Waals surface area (Å²) in [7, 11) is 3.13. The molecule has 0 amide bonds. The van der Waals surface area contributed by atoms with Gasteiger partial charge in [-0.2, -0.15) is 0 Å². The second kappa shape index (κ2) is 5.41. The standard InChI is InChI=1S/C14H17BrO4/c1-18-9-5-6-10(19-2)12(15)11(9)14(13(16)17)7-3-4-8-14/h5-6H,3-4,7-8H2,1-2H3,(H,16,17). The molecule has 0 aromatic heterocycles. The highest BCUT2D eigenvalue weighted by molar-refractivity contribution is 9.10. The number of carboxylic acids is 1. The van der Waals surface area contributed by atoms with Gasteiger partial charge < -0.3 is 14.6 Å². The summed E-state index contributed by atoms with van der Waals surface area (Å²) in [5.41, 5.74) is -0.182. The molecule has 0 spiro atoms. The van der Waals surface area contributed by atoms with Crippen molar-refractivity contribution in [2.75, 3.05) is 14.2 Å². The SMILES string of the molecule is COc1ccc(OC)c(C2(C(=O)O)CCCC2)c1Br. The Kier molecular flexibility index (Phi) is 4.04. The molecule has 5 heteroatoms. The lowest BCUT2D eigenvalue weighted by Gasteiger charge is -2.28. The van der Waals surface area contributed by atoms with Gasteiger partial charge in [-0.05, 0) is 40.9 Å². The number of carbonyl (C=O) groups is 1. The molecular weight excluding hydrogens is 312 g/mol. The van der Waals surface area contributed by atoms with Crippen LogP contribution in [-0.2, 0) is 10.2 Å². The van der Waals surface area contributed by atoms with Gasteiger partial charge in [-0.15, -0.1) is 0 Å². The van der Waals surface area contributed by atoms with E-state index in [1.54, 1.807) is 26.4 Å². The van der Waals surface area contributed by atoms with Crippen LogP contribution < -0.4 is 9.47 Å². The van der Waals surface area contributed by atoms with Crippen LogP contribution in [0.2, 0.25) is 0 Å². The van der Waals surface area contributed by atoms with Crippen LogP contribution in [0.25, 0.3) is 0 Å². The zero-order valence-corrected chi connectivity index (χ0v) is 12.6. The summed E-state index contributed by atoms with van der Waals surface area (Å²) in [5.74, 6) is 0.428. The van der Waals surface area contributed by atoms with Gasteiger partial charge in [-0.1, -0.05) is 12.8 Å². The number of rotatable bonds is 4. The van der Waals surface area contributed by atoms with Crippen molar-refractivity contribution in [3.05, 3.63) is 22.2 Å². The molecule has 1 saturated carbocycles. The monoisotopic (exact) mass is 328 g/mol. The van der Waals surface area contributed by atoms with Gasteiger partial charge in [-0.3, -0.25) is 4.79 Å². The third kappa shape index (κ3) is 2.20. The molecule has 0 unspecified atom stereocenters. The number of carboxylic acid groups (broad SMARTS) is 1. The highest BCUT2D eigenvalue weighted by Gasteiger charge is 2.46. The van der Waals surface area contributed by atoms with E-state index in [1.165, 1.54) is 0 Å². The first-order valence-corrected chi connectivity index (χ1v) is 7.00. The van der Waals surface area contributed by atoms with Gasteiger partial charge in [0.1, 0.15) is 11.5 Å². The molecule has 2 rings (SSSR count). The van der Waals surface area contributed by atoms with Crippen molar-refractivity contribution in [2.24, 2.45) is 0 Å². The van der Waals surface area contributed by atoms with Gasteiger partial charge in [0.2, 0.25) is 0 Å². The fraction of sp³-hybridized carbons (Fsp3) is 0.500. The van der Waals surface area contributed by atoms with Crippen LogP contribution in [0.1, 0.15) is 31.2 Å². The summed E-state index contributed by atoms with van der Waals surface area (Å²) >= 11 is 3.48. The molecule has 1 aliphatic rings. The summed E-state index contributed by atoms with van der Waals surface area (Å²) in [5, 5.41) is 9.71. The lowest BCUT2D eigenvalue weighted by atomic mass is 9.78. The molecule has 0 saturated heterocycles. The van der Waals surface area contributed by atoms with Crippen molar-refractivity contribution in [1.29, 1.82) is 0 Å². The van der Waals surface area contributed by atoms with E-state index in [1.807, 2.05) is 0 Å². The summed E-state index contributed by atoms with van der Waals surface area (Å²) in [6, 6.07) is 3.54. The predicted octanol–water partition coefficient (Wildman–Crippen LogP) is 3.36. The van der Waals surface area contributed by atoms with Crippen LogP contribution in [-0.4, -0.2) is 25.3 Å². The molecule has 104 valence electrons. The quantitative estimate of drug-likeness (QED) is 0.920. The predicted molar refractivity (Wildman–Crippen MR) is 75.0 cm³/mol. The van der Waals surface area contributed by atoms with Crippen LogP contribution in [0.4, 0.5) is 0 Å². The van der Waals surface area contributed by atoms with E-state index in [4.69, 9.17) is 9.47 Å². The fourth-order valence-corrected chi connectivity index (χ4v) is 3.73. The fourth-order valence-electron chi connectivity index (χ4n) is 2.86. The van der Waals surface area contributed by atoms with E-state index in [0.29, 0.717) is 34.4 Å². The lowest BCUT2D eigenvalue weighted by Crippen LogP contribution is -2.33. The average molecular weight is 329 g/mol. The van der Waals surface area contributed by atoms with E-state index in [-0.39, 0.29) is 0 Å². The number of ether oxygens (including phenoxy) is 2. The Morgan fingerprint density at radius 1 is 1.21 bits per heavy atom. The van der Waals surface area contributed by atoms with Crippen molar-refractivity contribution >= 4 is 21.9 Å².